The van der Waals surface area contributed by atoms with Gasteiger partial charge in [-0.05, 0) is 43.5 Å². The predicted octanol–water partition coefficient (Wildman–Crippen LogP) is 4.17. The first-order chi connectivity index (χ1) is 8.80. The Morgan fingerprint density at radius 3 is 2.42 bits per heavy atom. The standard InChI is InChI=1S/C14H19F4N/c1-10(2)19-8-4-3-5-11-6-7-12(15)9-13(11)14(16,17)18/h6-7,9-10,19H,3-5,8H2,1-2H3. The fraction of sp³-hybridized carbons (Fsp3) is 0.571. The second-order valence-electron chi connectivity index (χ2n) is 4.87. The van der Waals surface area contributed by atoms with Crippen molar-refractivity contribution in [1.29, 1.82) is 0 Å². The number of hydrogen-bond donors (Lipinski definition) is 1. The van der Waals surface area contributed by atoms with Gasteiger partial charge >= 0.3 is 6.18 Å². The predicted molar refractivity (Wildman–Crippen MR) is 67.5 cm³/mol. The van der Waals surface area contributed by atoms with Crippen LogP contribution < -0.4 is 5.32 Å². The molecule has 108 valence electrons. The van der Waals surface area contributed by atoms with Crippen molar-refractivity contribution in [3.05, 3.63) is 35.1 Å². The molecule has 5 heteroatoms. The largest absolute Gasteiger partial charge is 0.416 e. The van der Waals surface area contributed by atoms with E-state index in [0.29, 0.717) is 24.9 Å². The molecule has 0 aliphatic heterocycles. The molecule has 1 aromatic carbocycles. The average Bonchev–Trinajstić information content (AvgIpc) is 2.28. The maximum atomic E-state index is 12.9. The summed E-state index contributed by atoms with van der Waals surface area (Å²) in [5.41, 5.74) is -0.692. The average molecular weight is 277 g/mol. The lowest BCUT2D eigenvalue weighted by Gasteiger charge is -2.13. The van der Waals surface area contributed by atoms with Gasteiger partial charge in [0.1, 0.15) is 5.82 Å². The third kappa shape index (κ3) is 5.59. The smallest absolute Gasteiger partial charge is 0.315 e. The first kappa shape index (κ1) is 16.0. The zero-order valence-electron chi connectivity index (χ0n) is 11.1. The third-order valence-electron chi connectivity index (χ3n) is 2.80. The minimum absolute atomic E-state index is 0.165. The Morgan fingerprint density at radius 2 is 1.84 bits per heavy atom. The van der Waals surface area contributed by atoms with Crippen molar-refractivity contribution in [3.8, 4) is 0 Å². The lowest BCUT2D eigenvalue weighted by atomic mass is 10.0. The number of nitrogens with one attached hydrogen (secondary N) is 1. The quantitative estimate of drug-likeness (QED) is 0.608. The SMILES string of the molecule is CC(C)NCCCCc1ccc(F)cc1C(F)(F)F. The molecule has 0 radical (unpaired) electrons. The van der Waals surface area contributed by atoms with E-state index in [1.165, 1.54) is 6.07 Å². The Balaban J connectivity index is 2.58. The van der Waals surface area contributed by atoms with Crippen LogP contribution in [0.1, 0.15) is 37.8 Å². The lowest BCUT2D eigenvalue weighted by molar-refractivity contribution is -0.138. The van der Waals surface area contributed by atoms with E-state index in [1.807, 2.05) is 13.8 Å². The molecule has 0 saturated heterocycles. The summed E-state index contributed by atoms with van der Waals surface area (Å²) in [5.74, 6) is -0.849. The van der Waals surface area contributed by atoms with E-state index in [-0.39, 0.29) is 5.56 Å². The second-order valence-corrected chi connectivity index (χ2v) is 4.87. The van der Waals surface area contributed by atoms with Crippen molar-refractivity contribution < 1.29 is 17.6 Å². The molecule has 1 nitrogen and oxygen atoms in total. The molecular formula is C14H19F4N. The fourth-order valence-electron chi connectivity index (χ4n) is 1.86. The van der Waals surface area contributed by atoms with Crippen LogP contribution in [-0.2, 0) is 12.6 Å². The number of halogens is 4. The summed E-state index contributed by atoms with van der Waals surface area (Å²) in [6.45, 7) is 4.81. The van der Waals surface area contributed by atoms with E-state index >= 15 is 0 Å². The Hall–Kier alpha value is -1.10. The molecule has 0 amide bonds. The van der Waals surface area contributed by atoms with Gasteiger partial charge in [0, 0.05) is 6.04 Å². The van der Waals surface area contributed by atoms with Crippen LogP contribution >= 0.6 is 0 Å². The summed E-state index contributed by atoms with van der Waals surface area (Å²) >= 11 is 0. The molecular weight excluding hydrogens is 258 g/mol. The second kappa shape index (κ2) is 6.89. The van der Waals surface area contributed by atoms with Gasteiger partial charge in [0.25, 0.3) is 0 Å². The number of hydrogen-bond acceptors (Lipinski definition) is 1. The van der Waals surface area contributed by atoms with Crippen molar-refractivity contribution in [2.75, 3.05) is 6.54 Å². The van der Waals surface area contributed by atoms with Gasteiger partial charge in [-0.15, -0.1) is 0 Å². The summed E-state index contributed by atoms with van der Waals surface area (Å²) in [5, 5.41) is 3.20. The van der Waals surface area contributed by atoms with Gasteiger partial charge in [0.15, 0.2) is 0 Å². The summed E-state index contributed by atoms with van der Waals surface area (Å²) in [4.78, 5) is 0. The number of alkyl halides is 3. The maximum Gasteiger partial charge on any atom is 0.416 e. The number of rotatable bonds is 6. The zero-order chi connectivity index (χ0) is 14.5. The molecule has 0 fully saturated rings. The molecule has 0 heterocycles. The van der Waals surface area contributed by atoms with E-state index < -0.39 is 17.6 Å². The van der Waals surface area contributed by atoms with Crippen molar-refractivity contribution in [3.63, 3.8) is 0 Å². The first-order valence-corrected chi connectivity index (χ1v) is 6.39. The van der Waals surface area contributed by atoms with Gasteiger partial charge < -0.3 is 5.32 Å². The van der Waals surface area contributed by atoms with Crippen LogP contribution in [0.4, 0.5) is 17.6 Å². The molecule has 0 unspecified atom stereocenters. The molecule has 1 N–H and O–H groups in total. The molecule has 0 saturated carbocycles. The highest BCUT2D eigenvalue weighted by Crippen LogP contribution is 2.33. The summed E-state index contributed by atoms with van der Waals surface area (Å²) in [6.07, 6.45) is -2.73. The zero-order valence-corrected chi connectivity index (χ0v) is 11.1. The van der Waals surface area contributed by atoms with Crippen molar-refractivity contribution in [2.45, 2.75) is 45.3 Å². The molecule has 0 spiro atoms. The van der Waals surface area contributed by atoms with Crippen LogP contribution in [0.3, 0.4) is 0 Å². The molecule has 0 aliphatic carbocycles. The highest BCUT2D eigenvalue weighted by atomic mass is 19.4. The number of aryl methyl sites for hydroxylation is 1. The Labute approximate surface area is 111 Å². The molecule has 19 heavy (non-hydrogen) atoms. The highest BCUT2D eigenvalue weighted by Gasteiger charge is 2.33. The Morgan fingerprint density at radius 1 is 1.16 bits per heavy atom. The summed E-state index contributed by atoms with van der Waals surface area (Å²) in [6, 6.07) is 3.25. The van der Waals surface area contributed by atoms with Crippen LogP contribution in [0.25, 0.3) is 0 Å². The highest BCUT2D eigenvalue weighted by molar-refractivity contribution is 5.30. The Bertz CT molecular complexity index is 399. The fourth-order valence-corrected chi connectivity index (χ4v) is 1.86. The third-order valence-corrected chi connectivity index (χ3v) is 2.80. The van der Waals surface area contributed by atoms with Gasteiger partial charge in [-0.3, -0.25) is 0 Å². The molecule has 0 aliphatic rings. The number of benzene rings is 1. The van der Waals surface area contributed by atoms with E-state index in [2.05, 4.69) is 5.32 Å². The topological polar surface area (TPSA) is 12.0 Å². The van der Waals surface area contributed by atoms with Gasteiger partial charge in [0.05, 0.1) is 5.56 Å². The van der Waals surface area contributed by atoms with Crippen LogP contribution in [0.15, 0.2) is 18.2 Å². The molecule has 0 aromatic heterocycles. The van der Waals surface area contributed by atoms with Gasteiger partial charge in [0.2, 0.25) is 0 Å². The summed E-state index contributed by atoms with van der Waals surface area (Å²) in [7, 11) is 0. The van der Waals surface area contributed by atoms with Crippen molar-refractivity contribution in [2.24, 2.45) is 0 Å². The van der Waals surface area contributed by atoms with Gasteiger partial charge in [-0.2, -0.15) is 13.2 Å². The van der Waals surface area contributed by atoms with Gasteiger partial charge in [-0.1, -0.05) is 19.9 Å². The molecule has 1 rings (SSSR count). The van der Waals surface area contributed by atoms with Crippen molar-refractivity contribution in [1.82, 2.24) is 5.32 Å². The lowest BCUT2D eigenvalue weighted by Crippen LogP contribution is -2.23. The van der Waals surface area contributed by atoms with Crippen LogP contribution in [0.5, 0.6) is 0 Å². The normalized spacial score (nSPS) is 12.2. The molecule has 1 aromatic rings. The van der Waals surface area contributed by atoms with Crippen LogP contribution in [0.2, 0.25) is 0 Å². The van der Waals surface area contributed by atoms with E-state index in [9.17, 15) is 17.6 Å². The Kier molecular flexibility index (Phi) is 5.79. The number of unbranched alkanes of at least 4 members (excludes halogenated alkanes) is 1. The maximum absolute atomic E-state index is 12.9. The molecule has 0 bridgehead atoms. The van der Waals surface area contributed by atoms with E-state index in [4.69, 9.17) is 0 Å². The minimum atomic E-state index is -4.49. The van der Waals surface area contributed by atoms with Crippen LogP contribution in [-0.4, -0.2) is 12.6 Å². The first-order valence-electron chi connectivity index (χ1n) is 6.39. The summed E-state index contributed by atoms with van der Waals surface area (Å²) < 4.78 is 51.1. The minimum Gasteiger partial charge on any atom is -0.315 e. The van der Waals surface area contributed by atoms with Crippen molar-refractivity contribution >= 4 is 0 Å². The molecule has 0 atom stereocenters. The van der Waals surface area contributed by atoms with Crippen LogP contribution in [0, 0.1) is 5.82 Å². The van der Waals surface area contributed by atoms with E-state index in [1.54, 1.807) is 0 Å². The van der Waals surface area contributed by atoms with E-state index in [0.717, 1.165) is 19.0 Å². The monoisotopic (exact) mass is 277 g/mol. The van der Waals surface area contributed by atoms with Gasteiger partial charge in [-0.25, -0.2) is 4.39 Å².